The van der Waals surface area contributed by atoms with Crippen molar-refractivity contribution in [1.82, 2.24) is 19.6 Å². The summed E-state index contributed by atoms with van der Waals surface area (Å²) in [7, 11) is -0.747. The Morgan fingerprint density at radius 3 is 2.56 bits per heavy atom. The Balaban J connectivity index is 1.59. The van der Waals surface area contributed by atoms with Crippen LogP contribution in [0.1, 0.15) is 17.5 Å². The normalized spacial score (nSPS) is 17.0. The number of benzene rings is 1. The number of nitrogens with two attached hydrogens (primary N) is 1. The number of likely N-dealkylation sites (tertiary alicyclic amines) is 1. The molecule has 0 saturated carbocycles. The first-order valence-corrected chi connectivity index (χ1v) is 13.1. The molecule has 2 aromatic heterocycles. The lowest BCUT2D eigenvalue weighted by Crippen LogP contribution is -2.48. The summed E-state index contributed by atoms with van der Waals surface area (Å²) in [5, 5.41) is 10.3. The van der Waals surface area contributed by atoms with Gasteiger partial charge in [0.05, 0.1) is 5.56 Å². The largest absolute Gasteiger partial charge is 0.480 e. The Bertz CT molecular complexity index is 1530. The third-order valence-electron chi connectivity index (χ3n) is 6.43. The van der Waals surface area contributed by atoms with Crippen molar-refractivity contribution in [3.63, 3.8) is 0 Å². The average Bonchev–Trinajstić information content (AvgIpc) is 3.20. The number of nitrogens with zero attached hydrogens (tertiary/aromatic N) is 4. The summed E-state index contributed by atoms with van der Waals surface area (Å²) in [4.78, 5) is 35.4. The lowest BCUT2D eigenvalue weighted by Gasteiger charge is -2.26. The van der Waals surface area contributed by atoms with Gasteiger partial charge in [-0.3, -0.25) is 4.79 Å². The molecule has 3 heterocycles. The number of sulfonamides is 1. The zero-order chi connectivity index (χ0) is 28.7. The fraction of sp³-hybridized carbons (Fsp3) is 0.333. The number of aromatic nitrogens is 2. The second-order valence-electron chi connectivity index (χ2n) is 9.22. The highest BCUT2D eigenvalue weighted by molar-refractivity contribution is 7.89. The van der Waals surface area contributed by atoms with E-state index in [1.54, 1.807) is 19.0 Å². The Morgan fingerprint density at radius 2 is 1.97 bits per heavy atom. The molecular formula is C24H25F3N6O5S. The number of amides is 1. The molecule has 3 aromatic rings. The Kier molecular flexibility index (Phi) is 7.40. The number of carbonyl (C=O) groups excluding carboxylic acids is 1. The van der Waals surface area contributed by atoms with Crippen LogP contribution in [0.2, 0.25) is 0 Å². The van der Waals surface area contributed by atoms with Gasteiger partial charge in [-0.25, -0.2) is 23.2 Å². The number of rotatable bonds is 8. The number of nitrogen functional groups attached to an aromatic ring is 1. The van der Waals surface area contributed by atoms with Gasteiger partial charge in [-0.15, -0.1) is 0 Å². The molecule has 1 aliphatic rings. The molecular weight excluding hydrogens is 541 g/mol. The molecule has 1 saturated heterocycles. The van der Waals surface area contributed by atoms with Gasteiger partial charge in [0.15, 0.2) is 0 Å². The zero-order valence-electron chi connectivity index (χ0n) is 20.8. The van der Waals surface area contributed by atoms with Crippen molar-refractivity contribution < 1.29 is 36.3 Å². The van der Waals surface area contributed by atoms with Gasteiger partial charge in [0.2, 0.25) is 15.9 Å². The number of aliphatic carboxylic acids is 1. The molecule has 2 atom stereocenters. The molecule has 0 radical (unpaired) electrons. The predicted molar refractivity (Wildman–Crippen MR) is 135 cm³/mol. The van der Waals surface area contributed by atoms with Crippen LogP contribution in [0.3, 0.4) is 0 Å². The van der Waals surface area contributed by atoms with Crippen molar-refractivity contribution >= 4 is 44.3 Å². The van der Waals surface area contributed by atoms with Gasteiger partial charge in [-0.2, -0.15) is 17.9 Å². The SMILES string of the molecule is CN(C)c1ccc(S(=O)(=O)NC2CCN(C(Cc3cc4ccnc(N)c4cc3C(F)(F)F)C(=O)O)C2=O)cn1. The third kappa shape index (κ3) is 5.73. The summed E-state index contributed by atoms with van der Waals surface area (Å²) in [5.41, 5.74) is 4.28. The molecule has 11 nitrogen and oxygen atoms in total. The number of carboxylic acid groups (broad SMARTS) is 1. The van der Waals surface area contributed by atoms with Crippen LogP contribution in [0.25, 0.3) is 10.8 Å². The lowest BCUT2D eigenvalue weighted by atomic mass is 9.95. The molecule has 1 fully saturated rings. The Hall–Kier alpha value is -3.98. The van der Waals surface area contributed by atoms with Gasteiger partial charge in [0.25, 0.3) is 0 Å². The second kappa shape index (κ2) is 10.3. The van der Waals surface area contributed by atoms with Crippen LogP contribution < -0.4 is 15.4 Å². The van der Waals surface area contributed by atoms with E-state index in [-0.39, 0.29) is 34.6 Å². The molecule has 1 aromatic carbocycles. The number of pyridine rings is 2. The van der Waals surface area contributed by atoms with E-state index < -0.39 is 52.1 Å². The molecule has 4 rings (SSSR count). The van der Waals surface area contributed by atoms with Crippen LogP contribution in [-0.2, 0) is 32.2 Å². The molecule has 0 bridgehead atoms. The Morgan fingerprint density at radius 1 is 1.26 bits per heavy atom. The van der Waals surface area contributed by atoms with E-state index >= 15 is 0 Å². The smallest absolute Gasteiger partial charge is 0.416 e. The standard InChI is InChI=1S/C24H25F3N6O5S/c1-32(2)20-4-3-15(12-30-20)39(37,38)31-18-6-8-33(22(18)34)19(23(35)36)10-14-9-13-5-7-29-21(28)16(13)11-17(14)24(25,26)27/h3-5,7,9,11-12,18-19,31H,6,8,10H2,1-2H3,(H2,28,29)(H,35,36). The molecule has 39 heavy (non-hydrogen) atoms. The molecule has 15 heteroatoms. The summed E-state index contributed by atoms with van der Waals surface area (Å²) < 4.78 is 69.7. The number of hydrogen-bond acceptors (Lipinski definition) is 8. The van der Waals surface area contributed by atoms with Crippen molar-refractivity contribution in [3.8, 4) is 0 Å². The van der Waals surface area contributed by atoms with Crippen LogP contribution in [0, 0.1) is 0 Å². The number of nitrogens with one attached hydrogen (secondary N) is 1. The van der Waals surface area contributed by atoms with Crippen molar-refractivity contribution in [2.75, 3.05) is 31.3 Å². The van der Waals surface area contributed by atoms with Gasteiger partial charge in [0.1, 0.15) is 28.6 Å². The fourth-order valence-corrected chi connectivity index (χ4v) is 5.60. The number of alkyl halides is 3. The number of anilines is 2. The van der Waals surface area contributed by atoms with Crippen molar-refractivity contribution in [2.45, 2.75) is 36.0 Å². The van der Waals surface area contributed by atoms with Gasteiger partial charge < -0.3 is 20.6 Å². The van der Waals surface area contributed by atoms with E-state index in [0.717, 1.165) is 17.2 Å². The van der Waals surface area contributed by atoms with Crippen LogP contribution in [0.5, 0.6) is 0 Å². The second-order valence-corrected chi connectivity index (χ2v) is 10.9. The molecule has 208 valence electrons. The molecule has 2 unspecified atom stereocenters. The first-order valence-electron chi connectivity index (χ1n) is 11.6. The van der Waals surface area contributed by atoms with Crippen LogP contribution in [-0.4, -0.2) is 73.0 Å². The van der Waals surface area contributed by atoms with E-state index in [0.29, 0.717) is 11.2 Å². The van der Waals surface area contributed by atoms with Crippen LogP contribution >= 0.6 is 0 Å². The summed E-state index contributed by atoms with van der Waals surface area (Å²) in [6.45, 7) is -0.174. The van der Waals surface area contributed by atoms with Crippen molar-refractivity contribution in [3.05, 3.63) is 53.9 Å². The quantitative estimate of drug-likeness (QED) is 0.370. The predicted octanol–water partition coefficient (Wildman–Crippen LogP) is 1.87. The highest BCUT2D eigenvalue weighted by atomic mass is 32.2. The minimum absolute atomic E-state index is 0.0558. The van der Waals surface area contributed by atoms with Crippen LogP contribution in [0.15, 0.2) is 47.6 Å². The van der Waals surface area contributed by atoms with E-state index in [2.05, 4.69) is 14.7 Å². The molecule has 1 amide bonds. The van der Waals surface area contributed by atoms with E-state index in [9.17, 15) is 36.3 Å². The first-order chi connectivity index (χ1) is 18.2. The maximum atomic E-state index is 13.9. The summed E-state index contributed by atoms with van der Waals surface area (Å²) in [6, 6.07) is 3.24. The van der Waals surface area contributed by atoms with E-state index in [4.69, 9.17) is 5.73 Å². The van der Waals surface area contributed by atoms with Gasteiger partial charge >= 0.3 is 12.1 Å². The van der Waals surface area contributed by atoms with Gasteiger partial charge in [-0.05, 0) is 41.6 Å². The Labute approximate surface area is 221 Å². The van der Waals surface area contributed by atoms with Crippen molar-refractivity contribution in [1.29, 1.82) is 0 Å². The third-order valence-corrected chi connectivity index (χ3v) is 7.88. The topological polar surface area (TPSA) is 159 Å². The van der Waals surface area contributed by atoms with E-state index in [1.165, 1.54) is 30.5 Å². The molecule has 0 aliphatic carbocycles. The number of halogens is 3. The first kappa shape index (κ1) is 28.0. The highest BCUT2D eigenvalue weighted by Gasteiger charge is 2.42. The minimum atomic E-state index is -4.84. The lowest BCUT2D eigenvalue weighted by molar-refractivity contribution is -0.149. The van der Waals surface area contributed by atoms with Gasteiger partial charge in [0, 0.05) is 44.8 Å². The highest BCUT2D eigenvalue weighted by Crippen LogP contribution is 2.37. The van der Waals surface area contributed by atoms with Crippen LogP contribution in [0.4, 0.5) is 24.8 Å². The number of carboxylic acids is 1. The number of carbonyl (C=O) groups is 2. The summed E-state index contributed by atoms with van der Waals surface area (Å²) in [6.07, 6.45) is -3.14. The average molecular weight is 567 g/mol. The van der Waals surface area contributed by atoms with E-state index in [1.807, 2.05) is 0 Å². The zero-order valence-corrected chi connectivity index (χ0v) is 21.6. The summed E-state index contributed by atoms with van der Waals surface area (Å²) >= 11 is 0. The minimum Gasteiger partial charge on any atom is -0.480 e. The maximum absolute atomic E-state index is 13.9. The number of hydrogen-bond donors (Lipinski definition) is 3. The monoisotopic (exact) mass is 566 g/mol. The molecule has 4 N–H and O–H groups in total. The number of fused-ring (bicyclic) bond motifs is 1. The molecule has 1 aliphatic heterocycles. The summed E-state index contributed by atoms with van der Waals surface area (Å²) in [5.74, 6) is -1.99. The fourth-order valence-electron chi connectivity index (χ4n) is 4.43. The van der Waals surface area contributed by atoms with Crippen molar-refractivity contribution in [2.24, 2.45) is 0 Å². The van der Waals surface area contributed by atoms with Gasteiger partial charge in [-0.1, -0.05) is 6.07 Å². The molecule has 0 spiro atoms. The maximum Gasteiger partial charge on any atom is 0.416 e.